The van der Waals surface area contributed by atoms with E-state index in [0.717, 1.165) is 12.8 Å². The van der Waals surface area contributed by atoms with Crippen molar-refractivity contribution in [3.63, 3.8) is 0 Å². The Hall–Kier alpha value is -2.43. The fourth-order valence-electron chi connectivity index (χ4n) is 1.89. The molecule has 0 aliphatic rings. The number of ketones is 1. The number of nitrogens with zero attached hydrogens (tertiary/aromatic N) is 2. The fraction of sp³-hybridized carbons (Fsp3) is 0.353. The Morgan fingerprint density at radius 2 is 1.36 bits per heavy atom. The van der Waals surface area contributed by atoms with Crippen LogP contribution in [0.25, 0.3) is 0 Å². The molecule has 0 saturated carbocycles. The van der Waals surface area contributed by atoms with Crippen LogP contribution in [0.4, 0.5) is 0 Å². The molecule has 2 aromatic rings. The van der Waals surface area contributed by atoms with Gasteiger partial charge in [-0.1, -0.05) is 13.8 Å². The van der Waals surface area contributed by atoms with Crippen LogP contribution in [-0.4, -0.2) is 29.0 Å². The lowest BCUT2D eigenvalue weighted by Crippen LogP contribution is -2.12. The molecule has 0 amide bonds. The highest BCUT2D eigenvalue weighted by atomic mass is 16.5. The number of hydrogen-bond acceptors (Lipinski definition) is 5. The number of ether oxygens (including phenoxy) is 2. The predicted octanol–water partition coefficient (Wildman–Crippen LogP) is 3.29. The van der Waals surface area contributed by atoms with E-state index in [9.17, 15) is 4.79 Å². The second-order valence-corrected chi connectivity index (χ2v) is 4.73. The van der Waals surface area contributed by atoms with Crippen molar-refractivity contribution in [2.45, 2.75) is 26.7 Å². The highest BCUT2D eigenvalue weighted by molar-refractivity contribution is 6.09. The van der Waals surface area contributed by atoms with Gasteiger partial charge in [0.15, 0.2) is 11.4 Å². The highest BCUT2D eigenvalue weighted by Crippen LogP contribution is 2.23. The molecule has 2 heterocycles. The van der Waals surface area contributed by atoms with E-state index in [1.807, 2.05) is 13.8 Å². The standard InChI is InChI=1S/C17H20N2O3/c1-3-11-21-13-7-5-9-18-15(13)17(20)16-14(22-12-4-2)8-6-10-19-16/h5-10H,3-4,11-12H2,1-2H3. The Morgan fingerprint density at radius 3 is 1.77 bits per heavy atom. The van der Waals surface area contributed by atoms with Crippen LogP contribution in [-0.2, 0) is 0 Å². The molecule has 0 radical (unpaired) electrons. The van der Waals surface area contributed by atoms with Gasteiger partial charge in [0.05, 0.1) is 13.2 Å². The van der Waals surface area contributed by atoms with Gasteiger partial charge in [-0.15, -0.1) is 0 Å². The summed E-state index contributed by atoms with van der Waals surface area (Å²) in [6.07, 6.45) is 4.86. The quantitative estimate of drug-likeness (QED) is 0.700. The molecule has 0 N–H and O–H groups in total. The molecule has 0 aromatic carbocycles. The van der Waals surface area contributed by atoms with Gasteiger partial charge in [-0.2, -0.15) is 0 Å². The van der Waals surface area contributed by atoms with Gasteiger partial charge >= 0.3 is 0 Å². The third kappa shape index (κ3) is 3.81. The average Bonchev–Trinajstić information content (AvgIpc) is 2.58. The van der Waals surface area contributed by atoms with Crippen LogP contribution in [0.1, 0.15) is 42.9 Å². The maximum Gasteiger partial charge on any atom is 0.237 e. The molecule has 0 aliphatic carbocycles. The van der Waals surface area contributed by atoms with Crippen molar-refractivity contribution < 1.29 is 14.3 Å². The summed E-state index contributed by atoms with van der Waals surface area (Å²) in [6.45, 7) is 5.08. The van der Waals surface area contributed by atoms with Crippen molar-refractivity contribution in [1.29, 1.82) is 0 Å². The maximum atomic E-state index is 12.7. The number of pyridine rings is 2. The summed E-state index contributed by atoms with van der Waals surface area (Å²) in [7, 11) is 0. The van der Waals surface area contributed by atoms with Gasteiger partial charge < -0.3 is 9.47 Å². The van der Waals surface area contributed by atoms with Crippen molar-refractivity contribution in [3.05, 3.63) is 48.0 Å². The van der Waals surface area contributed by atoms with Gasteiger partial charge in [-0.25, -0.2) is 9.97 Å². The first-order valence-electron chi connectivity index (χ1n) is 7.48. The molecule has 0 unspecified atom stereocenters. The molecule has 0 fully saturated rings. The molecule has 0 bridgehead atoms. The number of carbonyl (C=O) groups excluding carboxylic acids is 1. The molecule has 0 atom stereocenters. The summed E-state index contributed by atoms with van der Waals surface area (Å²) in [5, 5.41) is 0. The molecule has 116 valence electrons. The highest BCUT2D eigenvalue weighted by Gasteiger charge is 2.21. The van der Waals surface area contributed by atoms with E-state index in [-0.39, 0.29) is 17.2 Å². The lowest BCUT2D eigenvalue weighted by atomic mass is 10.1. The SMILES string of the molecule is CCCOc1cccnc1C(=O)c1ncccc1OCCC. The fourth-order valence-corrected chi connectivity index (χ4v) is 1.89. The summed E-state index contributed by atoms with van der Waals surface area (Å²) in [6, 6.07) is 6.97. The van der Waals surface area contributed by atoms with Gasteiger partial charge in [-0.05, 0) is 37.1 Å². The van der Waals surface area contributed by atoms with Crippen LogP contribution < -0.4 is 9.47 Å². The van der Waals surface area contributed by atoms with Gasteiger partial charge in [0.2, 0.25) is 5.78 Å². The molecular weight excluding hydrogens is 280 g/mol. The zero-order chi connectivity index (χ0) is 15.8. The predicted molar refractivity (Wildman–Crippen MR) is 83.5 cm³/mol. The minimum atomic E-state index is -0.293. The van der Waals surface area contributed by atoms with Crippen LogP contribution in [0.15, 0.2) is 36.7 Å². The van der Waals surface area contributed by atoms with Gasteiger partial charge in [0.1, 0.15) is 11.5 Å². The zero-order valence-electron chi connectivity index (χ0n) is 12.9. The molecule has 22 heavy (non-hydrogen) atoms. The van der Waals surface area contributed by atoms with Crippen molar-refractivity contribution in [1.82, 2.24) is 9.97 Å². The Balaban J connectivity index is 2.32. The van der Waals surface area contributed by atoms with Crippen molar-refractivity contribution >= 4 is 5.78 Å². The van der Waals surface area contributed by atoms with E-state index in [2.05, 4.69) is 9.97 Å². The van der Waals surface area contributed by atoms with Gasteiger partial charge in [-0.3, -0.25) is 4.79 Å². The van der Waals surface area contributed by atoms with E-state index in [4.69, 9.17) is 9.47 Å². The van der Waals surface area contributed by atoms with Crippen molar-refractivity contribution in [2.24, 2.45) is 0 Å². The molecule has 2 aromatic heterocycles. The van der Waals surface area contributed by atoms with E-state index >= 15 is 0 Å². The molecule has 5 heteroatoms. The Morgan fingerprint density at radius 1 is 0.909 bits per heavy atom. The lowest BCUT2D eigenvalue weighted by Gasteiger charge is -2.11. The van der Waals surface area contributed by atoms with Gasteiger partial charge in [0, 0.05) is 12.4 Å². The van der Waals surface area contributed by atoms with E-state index < -0.39 is 0 Å². The third-order valence-electron chi connectivity index (χ3n) is 2.89. The first-order valence-corrected chi connectivity index (χ1v) is 7.48. The summed E-state index contributed by atoms with van der Waals surface area (Å²) in [5.41, 5.74) is 0.520. The van der Waals surface area contributed by atoms with E-state index in [0.29, 0.717) is 24.7 Å². The average molecular weight is 300 g/mol. The molecule has 2 rings (SSSR count). The largest absolute Gasteiger partial charge is 0.491 e. The maximum absolute atomic E-state index is 12.7. The van der Waals surface area contributed by atoms with Gasteiger partial charge in [0.25, 0.3) is 0 Å². The number of aromatic nitrogens is 2. The van der Waals surface area contributed by atoms with Crippen LogP contribution in [0.2, 0.25) is 0 Å². The van der Waals surface area contributed by atoms with Crippen molar-refractivity contribution in [2.75, 3.05) is 13.2 Å². The van der Waals surface area contributed by atoms with Crippen LogP contribution in [0.3, 0.4) is 0 Å². The molecular formula is C17H20N2O3. The van der Waals surface area contributed by atoms with Crippen LogP contribution in [0.5, 0.6) is 11.5 Å². The lowest BCUT2D eigenvalue weighted by molar-refractivity contribution is 0.102. The smallest absolute Gasteiger partial charge is 0.237 e. The molecule has 0 aliphatic heterocycles. The topological polar surface area (TPSA) is 61.3 Å². The Bertz CT molecular complexity index is 575. The minimum absolute atomic E-state index is 0.260. The molecule has 0 spiro atoms. The van der Waals surface area contributed by atoms with Crippen LogP contribution >= 0.6 is 0 Å². The third-order valence-corrected chi connectivity index (χ3v) is 2.89. The molecule has 0 saturated heterocycles. The second-order valence-electron chi connectivity index (χ2n) is 4.73. The first kappa shape index (κ1) is 15.9. The van der Waals surface area contributed by atoms with E-state index in [1.165, 1.54) is 0 Å². The second kappa shape index (κ2) is 8.12. The van der Waals surface area contributed by atoms with Crippen molar-refractivity contribution in [3.8, 4) is 11.5 Å². The number of hydrogen-bond donors (Lipinski definition) is 0. The minimum Gasteiger partial charge on any atom is -0.491 e. The Labute approximate surface area is 130 Å². The monoisotopic (exact) mass is 300 g/mol. The zero-order valence-corrected chi connectivity index (χ0v) is 12.9. The molecule has 5 nitrogen and oxygen atoms in total. The summed E-state index contributed by atoms with van der Waals surface area (Å²) < 4.78 is 11.2. The number of rotatable bonds is 8. The van der Waals surface area contributed by atoms with E-state index in [1.54, 1.807) is 36.7 Å². The summed E-state index contributed by atoms with van der Waals surface area (Å²) in [5.74, 6) is 0.654. The normalized spacial score (nSPS) is 10.3. The summed E-state index contributed by atoms with van der Waals surface area (Å²) >= 11 is 0. The van der Waals surface area contributed by atoms with Crippen LogP contribution in [0, 0.1) is 0 Å². The Kier molecular flexibility index (Phi) is 5.89. The summed E-state index contributed by atoms with van der Waals surface area (Å²) in [4.78, 5) is 21.0. The first-order chi connectivity index (χ1) is 10.8. The number of carbonyl (C=O) groups is 1.